The lowest BCUT2D eigenvalue weighted by atomic mass is 10.1. The van der Waals surface area contributed by atoms with Crippen LogP contribution in [0.25, 0.3) is 0 Å². The number of carboxylic acids is 1. The average molecular weight is 294 g/mol. The third-order valence-corrected chi connectivity index (χ3v) is 3.52. The molecule has 0 radical (unpaired) electrons. The zero-order chi connectivity index (χ0) is 15.2. The number of hydrogen-bond acceptors (Lipinski definition) is 5. The van der Waals surface area contributed by atoms with Crippen LogP contribution in [0.15, 0.2) is 18.2 Å². The third kappa shape index (κ3) is 4.16. The van der Waals surface area contributed by atoms with E-state index in [4.69, 9.17) is 9.84 Å². The normalized spacial score (nSPS) is 15.6. The van der Waals surface area contributed by atoms with Crippen molar-refractivity contribution < 1.29 is 19.6 Å². The fraction of sp³-hybridized carbons (Fsp3) is 0.500. The van der Waals surface area contributed by atoms with Gasteiger partial charge >= 0.3 is 11.7 Å². The lowest BCUT2D eigenvalue weighted by molar-refractivity contribution is -0.385. The molecular weight excluding hydrogens is 276 g/mol. The molecule has 0 bridgehead atoms. The van der Waals surface area contributed by atoms with E-state index in [1.54, 1.807) is 0 Å². The molecule has 7 heteroatoms. The lowest BCUT2D eigenvalue weighted by Crippen LogP contribution is -2.33. The second-order valence-corrected chi connectivity index (χ2v) is 5.00. The van der Waals surface area contributed by atoms with Gasteiger partial charge in [0.05, 0.1) is 10.5 Å². The number of nitrogens with zero attached hydrogens (tertiary/aromatic N) is 2. The molecule has 0 unspecified atom stereocenters. The Morgan fingerprint density at radius 1 is 1.33 bits per heavy atom. The quantitative estimate of drug-likeness (QED) is 0.638. The summed E-state index contributed by atoms with van der Waals surface area (Å²) in [5, 5.41) is 19.9. The molecule has 0 aliphatic carbocycles. The smallest absolute Gasteiger partial charge is 0.335 e. The number of benzene rings is 1. The molecule has 0 saturated carbocycles. The number of nitro groups is 1. The second-order valence-electron chi connectivity index (χ2n) is 5.00. The van der Waals surface area contributed by atoms with Crippen molar-refractivity contribution in [2.24, 2.45) is 0 Å². The van der Waals surface area contributed by atoms with Gasteiger partial charge in [-0.15, -0.1) is 0 Å². The number of ether oxygens (including phenoxy) is 1. The predicted octanol–water partition coefficient (Wildman–Crippen LogP) is 2.16. The number of carbonyl (C=O) groups is 1. The number of aromatic carboxylic acids is 1. The van der Waals surface area contributed by atoms with Crippen LogP contribution in [0.5, 0.6) is 5.75 Å². The van der Waals surface area contributed by atoms with Crippen LogP contribution in [0.2, 0.25) is 0 Å². The standard InChI is InChI=1S/C14H18N2O5/c17-14(18)11-4-5-12(16(19)20)13(10-11)21-9-8-15-6-2-1-3-7-15/h4-5,10H,1-3,6-9H2,(H,17,18). The fourth-order valence-corrected chi connectivity index (χ4v) is 2.38. The van der Waals surface area contributed by atoms with Crippen molar-refractivity contribution in [1.29, 1.82) is 0 Å². The van der Waals surface area contributed by atoms with Crippen molar-refractivity contribution in [3.05, 3.63) is 33.9 Å². The van der Waals surface area contributed by atoms with E-state index < -0.39 is 10.9 Å². The molecule has 0 amide bonds. The maximum Gasteiger partial charge on any atom is 0.335 e. The van der Waals surface area contributed by atoms with Gasteiger partial charge in [0, 0.05) is 18.7 Å². The summed E-state index contributed by atoms with van der Waals surface area (Å²) in [5.74, 6) is -1.12. The topological polar surface area (TPSA) is 92.9 Å². The van der Waals surface area contributed by atoms with Crippen LogP contribution < -0.4 is 4.74 Å². The summed E-state index contributed by atoms with van der Waals surface area (Å²) in [7, 11) is 0. The first-order valence-electron chi connectivity index (χ1n) is 6.95. The molecule has 1 saturated heterocycles. The highest BCUT2D eigenvalue weighted by Crippen LogP contribution is 2.28. The average Bonchev–Trinajstić information content (AvgIpc) is 2.48. The molecule has 1 aliphatic heterocycles. The fourth-order valence-electron chi connectivity index (χ4n) is 2.38. The summed E-state index contributed by atoms with van der Waals surface area (Å²) in [4.78, 5) is 23.5. The largest absolute Gasteiger partial charge is 0.485 e. The van der Waals surface area contributed by atoms with Gasteiger partial charge < -0.3 is 9.84 Å². The molecule has 2 rings (SSSR count). The van der Waals surface area contributed by atoms with Gasteiger partial charge in [0.15, 0.2) is 5.75 Å². The van der Waals surface area contributed by atoms with Gasteiger partial charge in [-0.1, -0.05) is 6.42 Å². The Kier molecular flexibility index (Phi) is 5.10. The van der Waals surface area contributed by atoms with E-state index >= 15 is 0 Å². The molecule has 1 heterocycles. The summed E-state index contributed by atoms with van der Waals surface area (Å²) in [6.07, 6.45) is 3.56. The molecule has 0 spiro atoms. The number of piperidine rings is 1. The Morgan fingerprint density at radius 3 is 2.67 bits per heavy atom. The van der Waals surface area contributed by atoms with Crippen molar-refractivity contribution in [3.8, 4) is 5.75 Å². The van der Waals surface area contributed by atoms with E-state index in [9.17, 15) is 14.9 Å². The van der Waals surface area contributed by atoms with Gasteiger partial charge in [-0.05, 0) is 32.0 Å². The Labute approximate surface area is 122 Å². The van der Waals surface area contributed by atoms with Crippen LogP contribution in [-0.2, 0) is 0 Å². The first kappa shape index (κ1) is 15.2. The van der Waals surface area contributed by atoms with Crippen molar-refractivity contribution in [3.63, 3.8) is 0 Å². The molecule has 7 nitrogen and oxygen atoms in total. The predicted molar refractivity (Wildman–Crippen MR) is 75.8 cm³/mol. The number of carboxylic acid groups (broad SMARTS) is 1. The molecule has 1 N–H and O–H groups in total. The minimum Gasteiger partial charge on any atom is -0.485 e. The summed E-state index contributed by atoms with van der Waals surface area (Å²) in [5.41, 5.74) is -0.229. The van der Waals surface area contributed by atoms with Crippen LogP contribution in [0.4, 0.5) is 5.69 Å². The number of rotatable bonds is 6. The van der Waals surface area contributed by atoms with Crippen LogP contribution in [0.3, 0.4) is 0 Å². The highest BCUT2D eigenvalue weighted by atomic mass is 16.6. The van der Waals surface area contributed by atoms with Gasteiger partial charge in [0.2, 0.25) is 0 Å². The lowest BCUT2D eigenvalue weighted by Gasteiger charge is -2.26. The Balaban J connectivity index is 2.00. The maximum atomic E-state index is 10.9. The van der Waals surface area contributed by atoms with Gasteiger partial charge in [-0.2, -0.15) is 0 Å². The van der Waals surface area contributed by atoms with E-state index in [1.165, 1.54) is 24.6 Å². The summed E-state index contributed by atoms with van der Waals surface area (Å²) in [6, 6.07) is 3.58. The Hall–Kier alpha value is -2.15. The first-order chi connectivity index (χ1) is 10.1. The van der Waals surface area contributed by atoms with Crippen LogP contribution in [0.1, 0.15) is 29.6 Å². The Bertz CT molecular complexity index is 526. The van der Waals surface area contributed by atoms with Gasteiger partial charge in [-0.25, -0.2) is 4.79 Å². The summed E-state index contributed by atoms with van der Waals surface area (Å²) < 4.78 is 5.45. The van der Waals surface area contributed by atoms with E-state index in [-0.39, 0.29) is 17.0 Å². The molecular formula is C14H18N2O5. The minimum atomic E-state index is -1.13. The van der Waals surface area contributed by atoms with Crippen LogP contribution in [0, 0.1) is 10.1 Å². The maximum absolute atomic E-state index is 10.9. The summed E-state index contributed by atoms with van der Waals surface area (Å²) in [6.45, 7) is 3.03. The van der Waals surface area contributed by atoms with Gasteiger partial charge in [0.25, 0.3) is 0 Å². The van der Waals surface area contributed by atoms with Crippen molar-refractivity contribution in [1.82, 2.24) is 4.90 Å². The number of likely N-dealkylation sites (tertiary alicyclic amines) is 1. The molecule has 1 fully saturated rings. The van der Waals surface area contributed by atoms with Crippen molar-refractivity contribution >= 4 is 11.7 Å². The van der Waals surface area contributed by atoms with Crippen LogP contribution in [-0.4, -0.2) is 47.1 Å². The molecule has 0 atom stereocenters. The molecule has 21 heavy (non-hydrogen) atoms. The molecule has 1 aromatic rings. The number of hydrogen-bond donors (Lipinski definition) is 1. The molecule has 0 aromatic heterocycles. The first-order valence-corrected chi connectivity index (χ1v) is 6.95. The van der Waals surface area contributed by atoms with E-state index in [0.29, 0.717) is 13.2 Å². The molecule has 1 aromatic carbocycles. The van der Waals surface area contributed by atoms with E-state index in [1.807, 2.05) is 0 Å². The molecule has 1 aliphatic rings. The zero-order valence-electron chi connectivity index (χ0n) is 11.7. The highest BCUT2D eigenvalue weighted by Gasteiger charge is 2.18. The van der Waals surface area contributed by atoms with Crippen LogP contribution >= 0.6 is 0 Å². The highest BCUT2D eigenvalue weighted by molar-refractivity contribution is 5.88. The van der Waals surface area contributed by atoms with Gasteiger partial charge in [0.1, 0.15) is 6.61 Å². The van der Waals surface area contributed by atoms with E-state index in [2.05, 4.69) is 4.90 Å². The molecule has 114 valence electrons. The van der Waals surface area contributed by atoms with E-state index in [0.717, 1.165) is 25.9 Å². The second kappa shape index (κ2) is 7.03. The Morgan fingerprint density at radius 2 is 2.05 bits per heavy atom. The minimum absolute atomic E-state index is 0.0110. The SMILES string of the molecule is O=C(O)c1ccc([N+](=O)[O-])c(OCCN2CCCCC2)c1. The monoisotopic (exact) mass is 294 g/mol. The summed E-state index contributed by atoms with van der Waals surface area (Å²) >= 11 is 0. The number of nitro benzene ring substituents is 1. The van der Waals surface area contributed by atoms with Crippen molar-refractivity contribution in [2.45, 2.75) is 19.3 Å². The van der Waals surface area contributed by atoms with Gasteiger partial charge in [-0.3, -0.25) is 15.0 Å². The zero-order valence-corrected chi connectivity index (χ0v) is 11.7. The third-order valence-electron chi connectivity index (χ3n) is 3.52. The van der Waals surface area contributed by atoms with Crippen molar-refractivity contribution in [2.75, 3.05) is 26.2 Å².